The second-order valence-corrected chi connectivity index (χ2v) is 17.8. The number of benzene rings is 2. The highest BCUT2D eigenvalue weighted by atomic mass is 35.5. The molecular formula is C42H51ClFNO4. The van der Waals surface area contributed by atoms with Gasteiger partial charge in [0.1, 0.15) is 11.4 Å². The summed E-state index contributed by atoms with van der Waals surface area (Å²) in [6, 6.07) is 10.6. The van der Waals surface area contributed by atoms with Gasteiger partial charge in [0.2, 0.25) is 0 Å². The highest BCUT2D eigenvalue weighted by molar-refractivity contribution is 6.31. The Bertz CT molecular complexity index is 1630. The lowest BCUT2D eigenvalue weighted by Gasteiger charge is -2.57. The van der Waals surface area contributed by atoms with Crippen molar-refractivity contribution in [3.8, 4) is 0 Å². The number of Topliss-reactive ketones (excluding diaryl/α,β-unsaturated/α-hetero) is 1. The number of halogens is 2. The predicted octanol–water partition coefficient (Wildman–Crippen LogP) is 9.62. The van der Waals surface area contributed by atoms with Gasteiger partial charge in [-0.1, -0.05) is 48.4 Å². The third kappa shape index (κ3) is 5.97. The summed E-state index contributed by atoms with van der Waals surface area (Å²) in [5, 5.41) is 11.2. The normalized spacial score (nSPS) is 36.9. The Morgan fingerprint density at radius 1 is 1.06 bits per heavy atom. The molecule has 49 heavy (non-hydrogen) atoms. The Morgan fingerprint density at radius 3 is 2.51 bits per heavy atom. The van der Waals surface area contributed by atoms with Crippen molar-refractivity contribution in [1.29, 1.82) is 0 Å². The Balaban J connectivity index is 1.15. The SMILES string of the molecule is CC1=CCC[C@@]2(C)[C@@H](CC[C@@]23CN(CC24CC5CC(CC(C5)C2)C4)C(=O)O3)c2ccc(cc2C(=O)Cc2c(F)cccc2Cl)C[C@@H](O)CC1. The number of rotatable bonds is 5. The summed E-state index contributed by atoms with van der Waals surface area (Å²) < 4.78 is 21.6. The zero-order valence-electron chi connectivity index (χ0n) is 29.1. The first-order valence-electron chi connectivity index (χ1n) is 18.9. The van der Waals surface area contributed by atoms with E-state index in [1.54, 1.807) is 12.1 Å². The molecule has 0 radical (unpaired) electrons. The minimum absolute atomic E-state index is 0.0366. The van der Waals surface area contributed by atoms with Crippen LogP contribution in [0.2, 0.25) is 5.02 Å². The van der Waals surface area contributed by atoms with Crippen LogP contribution in [0.5, 0.6) is 0 Å². The molecule has 7 aliphatic carbocycles. The van der Waals surface area contributed by atoms with Gasteiger partial charge in [-0.15, -0.1) is 0 Å². The summed E-state index contributed by atoms with van der Waals surface area (Å²) in [5.74, 6) is 1.75. The Kier molecular flexibility index (Phi) is 8.54. The largest absolute Gasteiger partial charge is 0.440 e. The first kappa shape index (κ1) is 33.4. The molecule has 2 aromatic carbocycles. The van der Waals surface area contributed by atoms with Gasteiger partial charge < -0.3 is 14.7 Å². The lowest BCUT2D eigenvalue weighted by Crippen LogP contribution is -2.52. The molecule has 1 aliphatic heterocycles. The van der Waals surface area contributed by atoms with Gasteiger partial charge in [0.15, 0.2) is 5.78 Å². The van der Waals surface area contributed by atoms with Gasteiger partial charge in [0.25, 0.3) is 0 Å². The van der Waals surface area contributed by atoms with Gasteiger partial charge in [-0.05, 0) is 149 Å². The smallest absolute Gasteiger partial charge is 0.410 e. The fourth-order valence-electron chi connectivity index (χ4n) is 12.0. The molecular weight excluding hydrogens is 637 g/mol. The number of aliphatic hydroxyl groups is 1. The number of carbonyl (C=O) groups excluding carboxylic acids is 2. The van der Waals surface area contributed by atoms with Crippen LogP contribution < -0.4 is 0 Å². The molecule has 8 aliphatic rings. The van der Waals surface area contributed by atoms with Crippen molar-refractivity contribution in [3.05, 3.63) is 81.1 Å². The number of allylic oxidation sites excluding steroid dienone is 2. The number of nitrogens with zero attached hydrogens (tertiary/aromatic N) is 1. The Labute approximate surface area is 295 Å². The van der Waals surface area contributed by atoms with Crippen LogP contribution in [0.15, 0.2) is 48.0 Å². The topological polar surface area (TPSA) is 66.8 Å². The molecule has 0 unspecified atom stereocenters. The molecule has 1 spiro atoms. The summed E-state index contributed by atoms with van der Waals surface area (Å²) >= 11 is 6.41. The molecule has 2 aromatic rings. The molecule has 1 N–H and O–H groups in total. The van der Waals surface area contributed by atoms with E-state index in [2.05, 4.69) is 30.9 Å². The number of hydrogen-bond donors (Lipinski definition) is 1. The minimum Gasteiger partial charge on any atom is -0.440 e. The Morgan fingerprint density at radius 2 is 1.80 bits per heavy atom. The summed E-state index contributed by atoms with van der Waals surface area (Å²) in [7, 11) is 0. The summed E-state index contributed by atoms with van der Waals surface area (Å²) in [4.78, 5) is 30.3. The highest BCUT2D eigenvalue weighted by Crippen LogP contribution is 2.64. The van der Waals surface area contributed by atoms with E-state index in [-0.39, 0.29) is 40.2 Å². The van der Waals surface area contributed by atoms with Crippen LogP contribution in [0.3, 0.4) is 0 Å². The van der Waals surface area contributed by atoms with Crippen molar-refractivity contribution in [2.75, 3.05) is 13.1 Å². The van der Waals surface area contributed by atoms with Crippen LogP contribution in [0, 0.1) is 34.4 Å². The molecule has 262 valence electrons. The van der Waals surface area contributed by atoms with Gasteiger partial charge >= 0.3 is 6.09 Å². The first-order chi connectivity index (χ1) is 23.4. The van der Waals surface area contributed by atoms with E-state index in [0.717, 1.165) is 67.5 Å². The quantitative estimate of drug-likeness (QED) is 0.251. The maximum Gasteiger partial charge on any atom is 0.410 e. The van der Waals surface area contributed by atoms with E-state index in [0.29, 0.717) is 24.9 Å². The molecule has 6 bridgehead atoms. The second-order valence-electron chi connectivity index (χ2n) is 17.4. The van der Waals surface area contributed by atoms with E-state index in [4.69, 9.17) is 16.3 Å². The molecule has 1 heterocycles. The zero-order chi connectivity index (χ0) is 34.1. The number of amides is 1. The maximum atomic E-state index is 14.9. The van der Waals surface area contributed by atoms with Crippen LogP contribution in [0.1, 0.15) is 124 Å². The van der Waals surface area contributed by atoms with Crippen LogP contribution in [-0.2, 0) is 17.6 Å². The van der Waals surface area contributed by atoms with Gasteiger partial charge in [-0.25, -0.2) is 9.18 Å². The molecule has 1 amide bonds. The van der Waals surface area contributed by atoms with Gasteiger partial charge in [-0.3, -0.25) is 4.79 Å². The molecule has 0 aromatic heterocycles. The Hall–Kier alpha value is -2.70. The highest BCUT2D eigenvalue weighted by Gasteiger charge is 2.65. The van der Waals surface area contributed by atoms with Gasteiger partial charge in [0, 0.05) is 34.5 Å². The third-order valence-electron chi connectivity index (χ3n) is 14.0. The fraction of sp³-hybridized carbons (Fsp3) is 0.619. The summed E-state index contributed by atoms with van der Waals surface area (Å²) in [5.41, 5.74) is 3.01. The van der Waals surface area contributed by atoms with Gasteiger partial charge in [-0.2, -0.15) is 0 Å². The van der Waals surface area contributed by atoms with Crippen molar-refractivity contribution in [2.24, 2.45) is 28.6 Å². The third-order valence-corrected chi connectivity index (χ3v) is 14.4. The molecule has 5 saturated carbocycles. The number of hydrogen-bond acceptors (Lipinski definition) is 4. The minimum atomic E-state index is -0.653. The molecule has 6 fully saturated rings. The van der Waals surface area contributed by atoms with E-state index in [1.807, 2.05) is 12.1 Å². The first-order valence-corrected chi connectivity index (χ1v) is 19.2. The number of fused-ring (bicyclic) bond motifs is 8. The summed E-state index contributed by atoms with van der Waals surface area (Å²) in [6.07, 6.45) is 14.4. The van der Waals surface area contributed by atoms with Crippen LogP contribution in [-0.4, -0.2) is 46.7 Å². The van der Waals surface area contributed by atoms with E-state index in [1.165, 1.54) is 50.2 Å². The zero-order valence-corrected chi connectivity index (χ0v) is 29.9. The monoisotopic (exact) mass is 687 g/mol. The number of carbonyl (C=O) groups is 2. The molecule has 4 atom stereocenters. The van der Waals surface area contributed by atoms with E-state index >= 15 is 0 Å². The molecule has 10 rings (SSSR count). The lowest BCUT2D eigenvalue weighted by molar-refractivity contribution is -0.0641. The van der Waals surface area contributed by atoms with Crippen molar-refractivity contribution < 1.29 is 23.8 Å². The number of ether oxygens (including phenoxy) is 1. The molecule has 1 saturated heterocycles. The average Bonchev–Trinajstić information content (AvgIpc) is 3.50. The van der Waals surface area contributed by atoms with Crippen molar-refractivity contribution in [3.63, 3.8) is 0 Å². The van der Waals surface area contributed by atoms with Crippen molar-refractivity contribution >= 4 is 23.5 Å². The van der Waals surface area contributed by atoms with Crippen LogP contribution >= 0.6 is 11.6 Å². The predicted molar refractivity (Wildman–Crippen MR) is 189 cm³/mol. The van der Waals surface area contributed by atoms with E-state index < -0.39 is 22.9 Å². The average molecular weight is 688 g/mol. The van der Waals surface area contributed by atoms with E-state index in [9.17, 15) is 19.1 Å². The lowest BCUT2D eigenvalue weighted by atomic mass is 9.49. The van der Waals surface area contributed by atoms with Crippen molar-refractivity contribution in [1.82, 2.24) is 4.90 Å². The van der Waals surface area contributed by atoms with Crippen molar-refractivity contribution in [2.45, 2.75) is 121 Å². The van der Waals surface area contributed by atoms with Gasteiger partial charge in [0.05, 0.1) is 12.6 Å². The van der Waals surface area contributed by atoms with Crippen LogP contribution in [0.4, 0.5) is 9.18 Å². The summed E-state index contributed by atoms with van der Waals surface area (Å²) in [6.45, 7) is 5.84. The van der Waals surface area contributed by atoms with Crippen LogP contribution in [0.25, 0.3) is 0 Å². The number of aliphatic hydroxyl groups excluding tert-OH is 1. The molecule has 5 nitrogen and oxygen atoms in total. The molecule has 7 heteroatoms. The second kappa shape index (κ2) is 12.5. The number of ketones is 1. The fourth-order valence-corrected chi connectivity index (χ4v) is 12.2. The standard InChI is InChI=1S/C42H51ClFNO4/c1-26-5-4-13-40(2)35(12-14-42(40)25-45(39(48)49-42)24-41-21-28-15-29(22-41)17-30(16-28)23-41)32-11-9-27(18-31(46)10-8-26)19-33(32)38(47)20-34-36(43)6-3-7-37(34)44/h3,5-7,9,11,19,28-31,35,46H,4,8,10,12-18,20-25H2,1-2H3/t28?,29?,30?,31-,35-,40-,41?,42+/m0/s1. The maximum absolute atomic E-state index is 14.9.